The van der Waals surface area contributed by atoms with Crippen LogP contribution in [0, 0.1) is 0 Å². The zero-order valence-corrected chi connectivity index (χ0v) is 14.8. The summed E-state index contributed by atoms with van der Waals surface area (Å²) in [6, 6.07) is 16.7. The third-order valence-electron chi connectivity index (χ3n) is 4.28. The fourth-order valence-electron chi connectivity index (χ4n) is 2.92. The smallest absolute Gasteiger partial charge is 0.119 e. The molecule has 4 nitrogen and oxygen atoms in total. The minimum Gasteiger partial charge on any atom is -0.491 e. The van der Waals surface area contributed by atoms with Crippen molar-refractivity contribution in [2.75, 3.05) is 26.9 Å². The van der Waals surface area contributed by atoms with Crippen molar-refractivity contribution < 1.29 is 9.47 Å². The molecule has 2 aromatic carbocycles. The van der Waals surface area contributed by atoms with E-state index in [2.05, 4.69) is 52.9 Å². The lowest BCUT2D eigenvalue weighted by Crippen LogP contribution is -2.15. The molecule has 0 amide bonds. The van der Waals surface area contributed by atoms with Gasteiger partial charge in [0.2, 0.25) is 0 Å². The third-order valence-corrected chi connectivity index (χ3v) is 4.28. The Hall–Kier alpha value is -2.30. The van der Waals surface area contributed by atoms with Gasteiger partial charge < -0.3 is 19.8 Å². The van der Waals surface area contributed by atoms with Gasteiger partial charge in [0.1, 0.15) is 12.4 Å². The second kappa shape index (κ2) is 9.25. The quantitative estimate of drug-likeness (QED) is 0.551. The monoisotopic (exact) mass is 338 g/mol. The molecule has 132 valence electrons. The van der Waals surface area contributed by atoms with Crippen molar-refractivity contribution in [3.63, 3.8) is 0 Å². The molecule has 3 aromatic rings. The number of aromatic nitrogens is 1. The van der Waals surface area contributed by atoms with Gasteiger partial charge >= 0.3 is 0 Å². The maximum absolute atomic E-state index is 5.57. The summed E-state index contributed by atoms with van der Waals surface area (Å²) in [7, 11) is 1.68. The number of nitrogens with one attached hydrogen (secondary N) is 2. The van der Waals surface area contributed by atoms with E-state index in [1.165, 1.54) is 22.0 Å². The normalized spacial score (nSPS) is 11.1. The van der Waals surface area contributed by atoms with Gasteiger partial charge in [0.25, 0.3) is 0 Å². The Kier molecular flexibility index (Phi) is 6.48. The van der Waals surface area contributed by atoms with E-state index >= 15 is 0 Å². The van der Waals surface area contributed by atoms with Gasteiger partial charge in [0.05, 0.1) is 6.61 Å². The lowest BCUT2D eigenvalue weighted by atomic mass is 10.1. The number of aryl methyl sites for hydroxylation is 1. The van der Waals surface area contributed by atoms with Crippen LogP contribution < -0.4 is 10.1 Å². The molecule has 0 unspecified atom stereocenters. The first-order chi connectivity index (χ1) is 12.4. The van der Waals surface area contributed by atoms with Gasteiger partial charge in [0.15, 0.2) is 0 Å². The Morgan fingerprint density at radius 1 is 1.00 bits per heavy atom. The van der Waals surface area contributed by atoms with Gasteiger partial charge in [-0.1, -0.05) is 30.3 Å². The van der Waals surface area contributed by atoms with E-state index in [9.17, 15) is 0 Å². The molecule has 25 heavy (non-hydrogen) atoms. The zero-order chi connectivity index (χ0) is 17.3. The number of methoxy groups -OCH3 is 1. The van der Waals surface area contributed by atoms with Crippen molar-refractivity contribution in [3.05, 3.63) is 65.9 Å². The molecule has 0 saturated carbocycles. The summed E-state index contributed by atoms with van der Waals surface area (Å²) in [4.78, 5) is 3.34. The predicted molar refractivity (Wildman–Crippen MR) is 102 cm³/mol. The van der Waals surface area contributed by atoms with Crippen molar-refractivity contribution in [1.29, 1.82) is 0 Å². The van der Waals surface area contributed by atoms with Crippen molar-refractivity contribution in [2.24, 2.45) is 0 Å². The van der Waals surface area contributed by atoms with Crippen LogP contribution >= 0.6 is 0 Å². The molecule has 1 heterocycles. The van der Waals surface area contributed by atoms with Gasteiger partial charge in [-0.3, -0.25) is 0 Å². The number of para-hydroxylation sites is 1. The second-order valence-corrected chi connectivity index (χ2v) is 6.13. The maximum atomic E-state index is 5.57. The summed E-state index contributed by atoms with van der Waals surface area (Å²) in [5, 5.41) is 4.85. The molecule has 0 aliphatic heterocycles. The van der Waals surface area contributed by atoms with Crippen molar-refractivity contribution >= 4 is 10.9 Å². The average molecular weight is 338 g/mol. The molecule has 3 rings (SSSR count). The van der Waals surface area contributed by atoms with Gasteiger partial charge in [-0.05, 0) is 48.7 Å². The van der Waals surface area contributed by atoms with Gasteiger partial charge in [0, 0.05) is 30.8 Å². The van der Waals surface area contributed by atoms with Crippen molar-refractivity contribution in [3.8, 4) is 5.75 Å². The van der Waals surface area contributed by atoms with Crippen LogP contribution in [0.5, 0.6) is 5.75 Å². The SMILES string of the molecule is COCCOc1ccc(CNCCCc2c[nH]c3ccccc23)cc1. The summed E-state index contributed by atoms with van der Waals surface area (Å²) < 4.78 is 10.5. The highest BCUT2D eigenvalue weighted by Gasteiger charge is 2.02. The number of hydrogen-bond donors (Lipinski definition) is 2. The maximum Gasteiger partial charge on any atom is 0.119 e. The van der Waals surface area contributed by atoms with Gasteiger partial charge in [-0.2, -0.15) is 0 Å². The lowest BCUT2D eigenvalue weighted by molar-refractivity contribution is 0.146. The first-order valence-electron chi connectivity index (χ1n) is 8.83. The van der Waals surface area contributed by atoms with E-state index in [0.717, 1.165) is 31.7 Å². The molecular formula is C21H26N2O2. The van der Waals surface area contributed by atoms with E-state index in [4.69, 9.17) is 9.47 Å². The number of hydrogen-bond acceptors (Lipinski definition) is 3. The van der Waals surface area contributed by atoms with Crippen LogP contribution in [0.4, 0.5) is 0 Å². The van der Waals surface area contributed by atoms with Crippen LogP contribution in [-0.4, -0.2) is 31.9 Å². The number of fused-ring (bicyclic) bond motifs is 1. The molecule has 0 fully saturated rings. The van der Waals surface area contributed by atoms with E-state index in [0.29, 0.717) is 13.2 Å². The lowest BCUT2D eigenvalue weighted by Gasteiger charge is -2.08. The van der Waals surface area contributed by atoms with Crippen LogP contribution in [-0.2, 0) is 17.7 Å². The zero-order valence-electron chi connectivity index (χ0n) is 14.8. The topological polar surface area (TPSA) is 46.3 Å². The number of ether oxygens (including phenoxy) is 2. The van der Waals surface area contributed by atoms with Crippen LogP contribution in [0.25, 0.3) is 10.9 Å². The molecule has 0 saturated heterocycles. The molecule has 0 aliphatic rings. The standard InChI is InChI=1S/C21H26N2O2/c1-24-13-14-25-19-10-8-17(9-11-19)15-22-12-4-5-18-16-23-21-7-3-2-6-20(18)21/h2-3,6-11,16,22-23H,4-5,12-15H2,1H3. The Morgan fingerprint density at radius 2 is 1.84 bits per heavy atom. The van der Waals surface area contributed by atoms with Crippen LogP contribution in [0.1, 0.15) is 17.5 Å². The molecule has 0 bridgehead atoms. The molecule has 2 N–H and O–H groups in total. The average Bonchev–Trinajstić information content (AvgIpc) is 3.06. The second-order valence-electron chi connectivity index (χ2n) is 6.13. The van der Waals surface area contributed by atoms with E-state index < -0.39 is 0 Å². The molecular weight excluding hydrogens is 312 g/mol. The van der Waals surface area contributed by atoms with Crippen molar-refractivity contribution in [2.45, 2.75) is 19.4 Å². The van der Waals surface area contributed by atoms with Crippen molar-refractivity contribution in [1.82, 2.24) is 10.3 Å². The highest BCUT2D eigenvalue weighted by atomic mass is 16.5. The summed E-state index contributed by atoms with van der Waals surface area (Å²) in [6.07, 6.45) is 4.34. The minimum atomic E-state index is 0.585. The fraction of sp³-hybridized carbons (Fsp3) is 0.333. The number of H-pyrrole nitrogens is 1. The van der Waals surface area contributed by atoms with Crippen LogP contribution in [0.15, 0.2) is 54.7 Å². The summed E-state index contributed by atoms with van der Waals surface area (Å²) >= 11 is 0. The summed E-state index contributed by atoms with van der Waals surface area (Å²) in [5.41, 5.74) is 3.89. The van der Waals surface area contributed by atoms with Gasteiger partial charge in [-0.25, -0.2) is 0 Å². The molecule has 4 heteroatoms. The first-order valence-corrected chi connectivity index (χ1v) is 8.83. The third kappa shape index (κ3) is 5.08. The summed E-state index contributed by atoms with van der Waals surface area (Å²) in [6.45, 7) is 3.08. The Morgan fingerprint density at radius 3 is 2.68 bits per heavy atom. The minimum absolute atomic E-state index is 0.585. The molecule has 0 spiro atoms. The Bertz CT molecular complexity index is 765. The molecule has 0 atom stereocenters. The van der Waals surface area contributed by atoms with E-state index in [-0.39, 0.29) is 0 Å². The predicted octanol–water partition coefficient (Wildman–Crippen LogP) is 3.92. The van der Waals surface area contributed by atoms with E-state index in [1.807, 2.05) is 12.1 Å². The van der Waals surface area contributed by atoms with E-state index in [1.54, 1.807) is 7.11 Å². The highest BCUT2D eigenvalue weighted by molar-refractivity contribution is 5.82. The van der Waals surface area contributed by atoms with Crippen LogP contribution in [0.3, 0.4) is 0 Å². The largest absolute Gasteiger partial charge is 0.491 e. The molecule has 0 aliphatic carbocycles. The highest BCUT2D eigenvalue weighted by Crippen LogP contribution is 2.18. The fourth-order valence-corrected chi connectivity index (χ4v) is 2.92. The number of rotatable bonds is 10. The Balaban J connectivity index is 1.37. The number of aromatic amines is 1. The summed E-state index contributed by atoms with van der Waals surface area (Å²) in [5.74, 6) is 0.889. The first kappa shape index (κ1) is 17.5. The molecule has 1 aromatic heterocycles. The van der Waals surface area contributed by atoms with Crippen LogP contribution in [0.2, 0.25) is 0 Å². The molecule has 0 radical (unpaired) electrons. The van der Waals surface area contributed by atoms with Gasteiger partial charge in [-0.15, -0.1) is 0 Å². The number of benzene rings is 2. The Labute approximate surface area is 149 Å².